The summed E-state index contributed by atoms with van der Waals surface area (Å²) in [7, 11) is 0. The predicted octanol–water partition coefficient (Wildman–Crippen LogP) is 4.10. The van der Waals surface area contributed by atoms with E-state index in [9.17, 15) is 14.4 Å². The van der Waals surface area contributed by atoms with E-state index in [1.54, 1.807) is 25.7 Å². The summed E-state index contributed by atoms with van der Waals surface area (Å²) in [5, 5.41) is 5.51. The van der Waals surface area contributed by atoms with Gasteiger partial charge in [-0.3, -0.25) is 9.59 Å². The van der Waals surface area contributed by atoms with Gasteiger partial charge < -0.3 is 20.3 Å². The number of aryl methyl sites for hydroxylation is 1. The van der Waals surface area contributed by atoms with Crippen LogP contribution in [-0.4, -0.2) is 47.0 Å². The zero-order valence-corrected chi connectivity index (χ0v) is 20.3. The largest absolute Gasteiger partial charge is 0.444 e. The van der Waals surface area contributed by atoms with Crippen LogP contribution in [0, 0.1) is 6.92 Å². The molecule has 0 aliphatic rings. The van der Waals surface area contributed by atoms with Crippen molar-refractivity contribution >= 4 is 17.9 Å². The molecule has 1 unspecified atom stereocenters. The van der Waals surface area contributed by atoms with Crippen LogP contribution in [0.2, 0.25) is 0 Å². The van der Waals surface area contributed by atoms with Gasteiger partial charge in [-0.15, -0.1) is 0 Å². The lowest BCUT2D eigenvalue weighted by Crippen LogP contribution is -2.51. The van der Waals surface area contributed by atoms with Crippen molar-refractivity contribution in [3.8, 4) is 0 Å². The molecule has 31 heavy (non-hydrogen) atoms. The van der Waals surface area contributed by atoms with E-state index in [0.29, 0.717) is 6.54 Å². The van der Waals surface area contributed by atoms with Crippen LogP contribution < -0.4 is 10.6 Å². The van der Waals surface area contributed by atoms with Gasteiger partial charge in [0.25, 0.3) is 0 Å². The fourth-order valence-electron chi connectivity index (χ4n) is 2.95. The molecule has 0 bridgehead atoms. The second kappa shape index (κ2) is 11.2. The number of amides is 3. The van der Waals surface area contributed by atoms with E-state index >= 15 is 0 Å². The summed E-state index contributed by atoms with van der Waals surface area (Å²) in [5.74, 6) is -0.591. The highest BCUT2D eigenvalue weighted by Gasteiger charge is 2.33. The summed E-state index contributed by atoms with van der Waals surface area (Å²) < 4.78 is 5.22. The fraction of sp³-hybridized carbons (Fsp3) is 0.625. The minimum atomic E-state index is -0.792. The molecule has 1 atom stereocenters. The van der Waals surface area contributed by atoms with Crippen molar-refractivity contribution < 1.29 is 19.1 Å². The normalized spacial score (nSPS) is 12.6. The number of unbranched alkanes of at least 4 members (excludes halogenated alkanes) is 1. The SMILES string of the molecule is CCCCN(C(=O)CNC(=O)OC(C)(C)C)C(C(=O)NC(C)(C)C)c1ccc(C)cc1. The van der Waals surface area contributed by atoms with E-state index in [0.717, 1.165) is 24.0 Å². The molecule has 1 rings (SSSR count). The Labute approximate surface area is 186 Å². The van der Waals surface area contributed by atoms with Crippen LogP contribution in [0.3, 0.4) is 0 Å². The molecule has 0 spiro atoms. The number of nitrogens with zero attached hydrogens (tertiary/aromatic N) is 1. The van der Waals surface area contributed by atoms with Crippen molar-refractivity contribution in [1.29, 1.82) is 0 Å². The summed E-state index contributed by atoms with van der Waals surface area (Å²) in [5.41, 5.74) is 0.686. The molecular weight excluding hydrogens is 394 g/mol. The highest BCUT2D eigenvalue weighted by atomic mass is 16.6. The van der Waals surface area contributed by atoms with E-state index in [1.807, 2.05) is 58.9 Å². The van der Waals surface area contributed by atoms with Crippen molar-refractivity contribution in [2.75, 3.05) is 13.1 Å². The van der Waals surface area contributed by atoms with Crippen molar-refractivity contribution in [3.63, 3.8) is 0 Å². The van der Waals surface area contributed by atoms with E-state index in [2.05, 4.69) is 10.6 Å². The molecule has 0 aromatic heterocycles. The monoisotopic (exact) mass is 433 g/mol. The molecule has 1 aromatic rings. The third-order valence-electron chi connectivity index (χ3n) is 4.31. The Kier molecular flexibility index (Phi) is 9.53. The quantitative estimate of drug-likeness (QED) is 0.646. The number of carbonyl (C=O) groups excluding carboxylic acids is 3. The molecule has 0 fully saturated rings. The number of rotatable bonds is 8. The molecular formula is C24H39N3O4. The molecule has 0 heterocycles. The number of alkyl carbamates (subject to hydrolysis) is 1. The number of ether oxygens (including phenoxy) is 1. The molecule has 0 saturated heterocycles. The van der Waals surface area contributed by atoms with Gasteiger partial charge in [-0.2, -0.15) is 0 Å². The van der Waals surface area contributed by atoms with Gasteiger partial charge >= 0.3 is 6.09 Å². The number of hydrogen-bond donors (Lipinski definition) is 2. The third kappa shape index (κ3) is 9.85. The van der Waals surface area contributed by atoms with Crippen molar-refractivity contribution in [3.05, 3.63) is 35.4 Å². The van der Waals surface area contributed by atoms with Gasteiger partial charge in [0.2, 0.25) is 11.8 Å². The highest BCUT2D eigenvalue weighted by Crippen LogP contribution is 2.24. The summed E-state index contributed by atoms with van der Waals surface area (Å²) in [6.07, 6.45) is 0.941. The highest BCUT2D eigenvalue weighted by molar-refractivity contribution is 5.90. The molecule has 0 radical (unpaired) electrons. The first-order valence-corrected chi connectivity index (χ1v) is 10.9. The van der Waals surface area contributed by atoms with Crippen molar-refractivity contribution in [1.82, 2.24) is 15.5 Å². The van der Waals surface area contributed by atoms with Crippen molar-refractivity contribution in [2.45, 2.75) is 85.4 Å². The summed E-state index contributed by atoms with van der Waals surface area (Å²) >= 11 is 0. The second-order valence-corrected chi connectivity index (χ2v) is 9.85. The molecule has 3 amide bonds. The maximum absolute atomic E-state index is 13.3. The van der Waals surface area contributed by atoms with Crippen LogP contribution in [0.5, 0.6) is 0 Å². The van der Waals surface area contributed by atoms with Crippen LogP contribution in [0.1, 0.15) is 78.5 Å². The summed E-state index contributed by atoms with van der Waals surface area (Å²) in [4.78, 5) is 40.0. The third-order valence-corrected chi connectivity index (χ3v) is 4.31. The standard InChI is InChI=1S/C24H39N3O4/c1-9-10-15-27(19(28)16-25-22(30)31-24(6,7)8)20(21(29)26-23(3,4)5)18-13-11-17(2)12-14-18/h11-14,20H,9-10,15-16H2,1-8H3,(H,25,30)(H,26,29). The van der Waals surface area contributed by atoms with E-state index in [-0.39, 0.29) is 18.4 Å². The zero-order valence-electron chi connectivity index (χ0n) is 20.3. The summed E-state index contributed by atoms with van der Waals surface area (Å²) in [6, 6.07) is 6.80. The predicted molar refractivity (Wildman–Crippen MR) is 123 cm³/mol. The average Bonchev–Trinajstić information content (AvgIpc) is 2.61. The lowest BCUT2D eigenvalue weighted by Gasteiger charge is -2.34. The van der Waals surface area contributed by atoms with Crippen LogP contribution in [0.4, 0.5) is 4.79 Å². The minimum Gasteiger partial charge on any atom is -0.444 e. The molecule has 1 aromatic carbocycles. The Hall–Kier alpha value is -2.57. The maximum Gasteiger partial charge on any atom is 0.408 e. The Bertz CT molecular complexity index is 746. The molecule has 7 nitrogen and oxygen atoms in total. The first kappa shape index (κ1) is 26.5. The Morgan fingerprint density at radius 3 is 2.10 bits per heavy atom. The van der Waals surface area contributed by atoms with Crippen molar-refractivity contribution in [2.24, 2.45) is 0 Å². The van der Waals surface area contributed by atoms with E-state index in [4.69, 9.17) is 4.74 Å². The molecule has 0 aliphatic heterocycles. The maximum atomic E-state index is 13.3. The van der Waals surface area contributed by atoms with Crippen LogP contribution in [0.25, 0.3) is 0 Å². The molecule has 0 saturated carbocycles. The summed E-state index contributed by atoms with van der Waals surface area (Å²) in [6.45, 7) is 15.1. The topological polar surface area (TPSA) is 87.7 Å². The van der Waals surface area contributed by atoms with Gasteiger partial charge in [0.05, 0.1) is 0 Å². The van der Waals surface area contributed by atoms with Gasteiger partial charge in [-0.1, -0.05) is 43.2 Å². The molecule has 7 heteroatoms. The van der Waals surface area contributed by atoms with E-state index < -0.39 is 23.3 Å². The molecule has 0 aliphatic carbocycles. The first-order valence-electron chi connectivity index (χ1n) is 10.9. The Morgan fingerprint density at radius 1 is 1.03 bits per heavy atom. The van der Waals surface area contributed by atoms with E-state index in [1.165, 1.54) is 0 Å². The van der Waals surface area contributed by atoms with Crippen LogP contribution in [-0.2, 0) is 14.3 Å². The zero-order chi connectivity index (χ0) is 23.8. The lowest BCUT2D eigenvalue weighted by molar-refractivity contribution is -0.141. The van der Waals surface area contributed by atoms with Gasteiger partial charge in [0.15, 0.2) is 0 Å². The average molecular weight is 434 g/mol. The first-order chi connectivity index (χ1) is 14.2. The number of benzene rings is 1. The lowest BCUT2D eigenvalue weighted by atomic mass is 10.00. The molecule has 174 valence electrons. The number of carbonyl (C=O) groups is 3. The number of hydrogen-bond acceptors (Lipinski definition) is 4. The molecule has 2 N–H and O–H groups in total. The fourth-order valence-corrected chi connectivity index (χ4v) is 2.95. The van der Waals surface area contributed by atoms with Gasteiger partial charge in [0, 0.05) is 12.1 Å². The van der Waals surface area contributed by atoms with Gasteiger partial charge in [-0.05, 0) is 60.5 Å². The van der Waals surface area contributed by atoms with Gasteiger partial charge in [0.1, 0.15) is 18.2 Å². The smallest absolute Gasteiger partial charge is 0.408 e. The van der Waals surface area contributed by atoms with Gasteiger partial charge in [-0.25, -0.2) is 4.79 Å². The number of nitrogens with one attached hydrogen (secondary N) is 2. The second-order valence-electron chi connectivity index (χ2n) is 9.85. The Morgan fingerprint density at radius 2 is 1.61 bits per heavy atom. The van der Waals surface area contributed by atoms with Crippen LogP contribution in [0.15, 0.2) is 24.3 Å². The Balaban J connectivity index is 3.18. The van der Waals surface area contributed by atoms with Crippen LogP contribution >= 0.6 is 0 Å². The minimum absolute atomic E-state index is 0.246.